The number of carbonyl (C=O) groups excluding carboxylic acids is 1. The third-order valence-electron chi connectivity index (χ3n) is 4.84. The van der Waals surface area contributed by atoms with Gasteiger partial charge in [-0.1, -0.05) is 36.4 Å². The third kappa shape index (κ3) is 3.98. The molecule has 0 aliphatic carbocycles. The van der Waals surface area contributed by atoms with Crippen molar-refractivity contribution in [3.63, 3.8) is 0 Å². The Labute approximate surface area is 171 Å². The molecular formula is C23H25NO4S. The second-order valence-electron chi connectivity index (χ2n) is 7.04. The second-order valence-corrected chi connectivity index (χ2v) is 9.55. The minimum atomic E-state index is -3.42. The number of nitrogens with zero attached hydrogens (tertiary/aromatic N) is 1. The quantitative estimate of drug-likeness (QED) is 0.546. The Morgan fingerprint density at radius 1 is 1.03 bits per heavy atom. The summed E-state index contributed by atoms with van der Waals surface area (Å²) in [6.07, 6.45) is 0. The second kappa shape index (κ2) is 8.25. The molecule has 3 aromatic rings. The Kier molecular flexibility index (Phi) is 5.94. The van der Waals surface area contributed by atoms with Gasteiger partial charge < -0.3 is 9.30 Å². The molecule has 29 heavy (non-hydrogen) atoms. The number of hydrogen-bond donors (Lipinski definition) is 0. The van der Waals surface area contributed by atoms with Crippen LogP contribution in [-0.4, -0.2) is 30.8 Å². The van der Waals surface area contributed by atoms with Crippen LogP contribution in [0.5, 0.6) is 0 Å². The van der Waals surface area contributed by atoms with Crippen LogP contribution < -0.4 is 0 Å². The van der Waals surface area contributed by atoms with Gasteiger partial charge in [0.25, 0.3) is 0 Å². The predicted molar refractivity (Wildman–Crippen MR) is 114 cm³/mol. The van der Waals surface area contributed by atoms with Gasteiger partial charge in [-0.3, -0.25) is 0 Å². The van der Waals surface area contributed by atoms with Crippen molar-refractivity contribution < 1.29 is 17.9 Å². The Balaban J connectivity index is 2.25. The molecule has 1 heterocycles. The largest absolute Gasteiger partial charge is 0.462 e. The number of ether oxygens (including phenoxy) is 1. The first kappa shape index (κ1) is 20.9. The highest BCUT2D eigenvalue weighted by Gasteiger charge is 2.23. The molecule has 0 aliphatic heterocycles. The van der Waals surface area contributed by atoms with Crippen molar-refractivity contribution in [3.8, 4) is 16.9 Å². The van der Waals surface area contributed by atoms with Crippen LogP contribution in [0.1, 0.15) is 36.8 Å². The van der Waals surface area contributed by atoms with Gasteiger partial charge in [0.15, 0.2) is 9.84 Å². The van der Waals surface area contributed by atoms with Gasteiger partial charge in [-0.2, -0.15) is 0 Å². The summed E-state index contributed by atoms with van der Waals surface area (Å²) in [6.45, 7) is 7.21. The first-order chi connectivity index (χ1) is 13.8. The van der Waals surface area contributed by atoms with E-state index in [1.807, 2.05) is 47.9 Å². The average Bonchev–Trinajstić information content (AvgIpc) is 3.06. The summed E-state index contributed by atoms with van der Waals surface area (Å²) in [5.41, 5.74) is 3.55. The van der Waals surface area contributed by atoms with Gasteiger partial charge in [0, 0.05) is 11.4 Å². The van der Waals surface area contributed by atoms with E-state index in [4.69, 9.17) is 4.74 Å². The Bertz CT molecular complexity index is 1130. The summed E-state index contributed by atoms with van der Waals surface area (Å²) in [7, 11) is -3.42. The fourth-order valence-corrected chi connectivity index (χ4v) is 4.35. The standard InChI is InChI=1S/C23H25NO4S/c1-5-28-23(25)21-15-22(18-10-7-6-8-11-18)24(17(21)4)19-12-9-13-20(14-19)29(26,27)16(2)3/h6-16H,5H2,1-4H3. The van der Waals surface area contributed by atoms with E-state index < -0.39 is 21.1 Å². The van der Waals surface area contributed by atoms with E-state index in [1.165, 1.54) is 0 Å². The van der Waals surface area contributed by atoms with Gasteiger partial charge in [0.2, 0.25) is 0 Å². The molecule has 2 aromatic carbocycles. The van der Waals surface area contributed by atoms with Crippen LogP contribution in [-0.2, 0) is 14.6 Å². The fourth-order valence-electron chi connectivity index (χ4n) is 3.25. The zero-order valence-corrected chi connectivity index (χ0v) is 17.9. The van der Waals surface area contributed by atoms with Crippen LogP contribution in [0.4, 0.5) is 0 Å². The number of rotatable bonds is 6. The number of benzene rings is 2. The molecule has 5 nitrogen and oxygen atoms in total. The lowest BCUT2D eigenvalue weighted by Crippen LogP contribution is -2.14. The number of carbonyl (C=O) groups is 1. The molecule has 0 amide bonds. The fraction of sp³-hybridized carbons (Fsp3) is 0.261. The Morgan fingerprint density at radius 3 is 2.34 bits per heavy atom. The molecule has 0 bridgehead atoms. The smallest absolute Gasteiger partial charge is 0.339 e. The van der Waals surface area contributed by atoms with Crippen molar-refractivity contribution in [3.05, 3.63) is 71.9 Å². The summed E-state index contributed by atoms with van der Waals surface area (Å²) < 4.78 is 32.5. The summed E-state index contributed by atoms with van der Waals surface area (Å²) in [5.74, 6) is -0.396. The predicted octanol–water partition coefficient (Wildman–Crippen LogP) is 4.81. The number of sulfone groups is 1. The van der Waals surface area contributed by atoms with Crippen molar-refractivity contribution in [2.45, 2.75) is 37.8 Å². The molecule has 0 fully saturated rings. The van der Waals surface area contributed by atoms with E-state index in [0.29, 0.717) is 16.9 Å². The molecular weight excluding hydrogens is 386 g/mol. The van der Waals surface area contributed by atoms with E-state index in [2.05, 4.69) is 0 Å². The van der Waals surface area contributed by atoms with Crippen molar-refractivity contribution in [2.24, 2.45) is 0 Å². The Hall–Kier alpha value is -2.86. The van der Waals surface area contributed by atoms with Crippen molar-refractivity contribution in [1.82, 2.24) is 4.57 Å². The highest BCUT2D eigenvalue weighted by Crippen LogP contribution is 2.31. The van der Waals surface area contributed by atoms with Gasteiger partial charge in [0.05, 0.1) is 28.0 Å². The van der Waals surface area contributed by atoms with E-state index in [9.17, 15) is 13.2 Å². The van der Waals surface area contributed by atoms with Crippen LogP contribution in [0.15, 0.2) is 65.6 Å². The van der Waals surface area contributed by atoms with E-state index in [0.717, 1.165) is 11.3 Å². The summed E-state index contributed by atoms with van der Waals surface area (Å²) in [6, 6.07) is 18.3. The molecule has 6 heteroatoms. The Morgan fingerprint density at radius 2 is 1.72 bits per heavy atom. The number of esters is 1. The van der Waals surface area contributed by atoms with Crippen LogP contribution in [0, 0.1) is 6.92 Å². The topological polar surface area (TPSA) is 65.4 Å². The van der Waals surface area contributed by atoms with E-state index >= 15 is 0 Å². The third-order valence-corrected chi connectivity index (χ3v) is 6.99. The molecule has 0 unspecified atom stereocenters. The molecule has 152 valence electrons. The molecule has 0 N–H and O–H groups in total. The van der Waals surface area contributed by atoms with Gasteiger partial charge in [-0.25, -0.2) is 13.2 Å². The monoisotopic (exact) mass is 411 g/mol. The average molecular weight is 412 g/mol. The van der Waals surface area contributed by atoms with Gasteiger partial charge in [-0.15, -0.1) is 0 Å². The lowest BCUT2D eigenvalue weighted by atomic mass is 10.1. The van der Waals surface area contributed by atoms with E-state index in [1.54, 1.807) is 45.0 Å². The maximum atomic E-state index is 12.7. The zero-order chi connectivity index (χ0) is 21.2. The molecule has 3 rings (SSSR count). The SMILES string of the molecule is CCOC(=O)c1cc(-c2ccccc2)n(-c2cccc(S(=O)(=O)C(C)C)c2)c1C. The van der Waals surface area contributed by atoms with Crippen LogP contribution in [0.2, 0.25) is 0 Å². The number of aromatic nitrogens is 1. The molecule has 0 radical (unpaired) electrons. The minimum Gasteiger partial charge on any atom is -0.462 e. The highest BCUT2D eigenvalue weighted by atomic mass is 32.2. The first-order valence-electron chi connectivity index (χ1n) is 9.56. The van der Waals surface area contributed by atoms with Crippen molar-refractivity contribution in [1.29, 1.82) is 0 Å². The molecule has 0 aliphatic rings. The van der Waals surface area contributed by atoms with Crippen molar-refractivity contribution in [2.75, 3.05) is 6.61 Å². The highest BCUT2D eigenvalue weighted by molar-refractivity contribution is 7.92. The zero-order valence-electron chi connectivity index (χ0n) is 17.0. The summed E-state index contributed by atoms with van der Waals surface area (Å²) in [5, 5.41) is -0.521. The minimum absolute atomic E-state index is 0.259. The van der Waals surface area contributed by atoms with E-state index in [-0.39, 0.29) is 11.5 Å². The van der Waals surface area contributed by atoms with Crippen LogP contribution in [0.3, 0.4) is 0 Å². The van der Waals surface area contributed by atoms with Crippen LogP contribution >= 0.6 is 0 Å². The molecule has 1 aromatic heterocycles. The van der Waals surface area contributed by atoms with Gasteiger partial charge >= 0.3 is 5.97 Å². The first-order valence-corrected chi connectivity index (χ1v) is 11.1. The van der Waals surface area contributed by atoms with Gasteiger partial charge in [0.1, 0.15) is 0 Å². The lowest BCUT2D eigenvalue weighted by Gasteiger charge is -2.15. The molecule has 0 saturated heterocycles. The maximum absolute atomic E-state index is 12.7. The summed E-state index contributed by atoms with van der Waals surface area (Å²) in [4.78, 5) is 12.7. The normalized spacial score (nSPS) is 11.6. The molecule has 0 saturated carbocycles. The molecule has 0 atom stereocenters. The lowest BCUT2D eigenvalue weighted by molar-refractivity contribution is 0.0525. The molecule has 0 spiro atoms. The van der Waals surface area contributed by atoms with Crippen LogP contribution in [0.25, 0.3) is 16.9 Å². The summed E-state index contributed by atoms with van der Waals surface area (Å²) >= 11 is 0. The van der Waals surface area contributed by atoms with Gasteiger partial charge in [-0.05, 0) is 57.5 Å². The van der Waals surface area contributed by atoms with Crippen molar-refractivity contribution >= 4 is 15.8 Å². The number of hydrogen-bond acceptors (Lipinski definition) is 4. The maximum Gasteiger partial charge on any atom is 0.339 e.